The highest BCUT2D eigenvalue weighted by molar-refractivity contribution is 5.72. The van der Waals surface area contributed by atoms with Crippen molar-refractivity contribution in [2.45, 2.75) is 69.6 Å². The van der Waals surface area contributed by atoms with E-state index in [9.17, 15) is 4.79 Å². The normalized spacial score (nSPS) is 32.5. The molecule has 1 saturated carbocycles. The predicted octanol–water partition coefficient (Wildman–Crippen LogP) is 1.93. The first-order valence-corrected chi connectivity index (χ1v) is 6.72. The van der Waals surface area contributed by atoms with Crippen molar-refractivity contribution in [2.75, 3.05) is 6.54 Å². The van der Waals surface area contributed by atoms with Crippen LogP contribution in [0.15, 0.2) is 0 Å². The zero-order valence-corrected chi connectivity index (χ0v) is 10.6. The Morgan fingerprint density at radius 2 is 2.06 bits per heavy atom. The summed E-state index contributed by atoms with van der Waals surface area (Å²) in [6, 6.07) is 0. The van der Waals surface area contributed by atoms with E-state index in [1.165, 1.54) is 32.1 Å². The van der Waals surface area contributed by atoms with Crippen molar-refractivity contribution in [1.82, 2.24) is 5.32 Å². The Bertz CT molecular complexity index is 274. The average molecular weight is 241 g/mol. The van der Waals surface area contributed by atoms with Gasteiger partial charge in [0, 0.05) is 12.1 Å². The fourth-order valence-corrected chi connectivity index (χ4v) is 2.91. The van der Waals surface area contributed by atoms with Gasteiger partial charge in [-0.05, 0) is 32.6 Å². The van der Waals surface area contributed by atoms with Gasteiger partial charge >= 0.3 is 5.97 Å². The number of carboxylic acid groups (broad SMARTS) is 1. The van der Waals surface area contributed by atoms with Gasteiger partial charge in [0.25, 0.3) is 0 Å². The lowest BCUT2D eigenvalue weighted by Gasteiger charge is -2.35. The molecule has 1 aliphatic heterocycles. The second-order valence-electron chi connectivity index (χ2n) is 5.66. The van der Waals surface area contributed by atoms with Crippen LogP contribution in [0.4, 0.5) is 0 Å². The van der Waals surface area contributed by atoms with Crippen molar-refractivity contribution in [2.24, 2.45) is 0 Å². The third-order valence-electron chi connectivity index (χ3n) is 4.10. The quantitative estimate of drug-likeness (QED) is 0.789. The Hall–Kier alpha value is -0.610. The molecule has 1 aliphatic carbocycles. The molecule has 4 heteroatoms. The molecule has 2 fully saturated rings. The van der Waals surface area contributed by atoms with Crippen LogP contribution in [0, 0.1) is 0 Å². The lowest BCUT2D eigenvalue weighted by atomic mass is 9.83. The summed E-state index contributed by atoms with van der Waals surface area (Å²) in [5.41, 5.74) is 0.239. The molecule has 0 amide bonds. The van der Waals surface area contributed by atoms with Gasteiger partial charge in [0.05, 0.1) is 6.10 Å². The molecule has 0 aromatic rings. The van der Waals surface area contributed by atoms with Crippen LogP contribution in [0.25, 0.3) is 0 Å². The summed E-state index contributed by atoms with van der Waals surface area (Å²) in [5, 5.41) is 12.4. The molecule has 2 rings (SSSR count). The molecule has 2 atom stereocenters. The minimum absolute atomic E-state index is 0.0786. The second-order valence-corrected chi connectivity index (χ2v) is 5.66. The Morgan fingerprint density at radius 3 is 2.65 bits per heavy atom. The van der Waals surface area contributed by atoms with Crippen LogP contribution in [-0.2, 0) is 9.53 Å². The van der Waals surface area contributed by atoms with Gasteiger partial charge in [0.15, 0.2) is 6.10 Å². The van der Waals surface area contributed by atoms with Crippen LogP contribution in [-0.4, -0.2) is 35.4 Å². The predicted molar refractivity (Wildman–Crippen MR) is 65.0 cm³/mol. The Labute approximate surface area is 103 Å². The van der Waals surface area contributed by atoms with E-state index < -0.39 is 12.1 Å². The van der Waals surface area contributed by atoms with E-state index >= 15 is 0 Å². The van der Waals surface area contributed by atoms with Gasteiger partial charge in [-0.25, -0.2) is 4.79 Å². The largest absolute Gasteiger partial charge is 0.479 e. The minimum Gasteiger partial charge on any atom is -0.479 e. The average Bonchev–Trinajstić information content (AvgIpc) is 2.76. The summed E-state index contributed by atoms with van der Waals surface area (Å²) in [6.45, 7) is 3.07. The van der Waals surface area contributed by atoms with Gasteiger partial charge < -0.3 is 15.2 Å². The molecule has 0 spiro atoms. The number of rotatable bonds is 4. The van der Waals surface area contributed by atoms with Crippen molar-refractivity contribution in [3.63, 3.8) is 0 Å². The number of carboxylic acids is 1. The molecule has 0 radical (unpaired) electrons. The summed E-state index contributed by atoms with van der Waals surface area (Å²) in [6.07, 6.45) is 7.40. The third kappa shape index (κ3) is 3.42. The second kappa shape index (κ2) is 5.36. The first kappa shape index (κ1) is 12.8. The summed E-state index contributed by atoms with van der Waals surface area (Å²) in [4.78, 5) is 10.8. The standard InChI is InChI=1S/C13H23NO3/c1-13(7-3-2-4-8-13)14-9-10-5-6-11(17-10)12(15)16/h10-11,14H,2-9H2,1H3,(H,15,16). The number of hydrogen-bond acceptors (Lipinski definition) is 3. The van der Waals surface area contributed by atoms with Crippen LogP contribution >= 0.6 is 0 Å². The molecule has 17 heavy (non-hydrogen) atoms. The lowest BCUT2D eigenvalue weighted by Crippen LogP contribution is -2.47. The van der Waals surface area contributed by atoms with Gasteiger partial charge in [-0.15, -0.1) is 0 Å². The summed E-state index contributed by atoms with van der Waals surface area (Å²) >= 11 is 0. The summed E-state index contributed by atoms with van der Waals surface area (Å²) < 4.78 is 5.50. The van der Waals surface area contributed by atoms with Crippen LogP contribution in [0.2, 0.25) is 0 Å². The highest BCUT2D eigenvalue weighted by Crippen LogP contribution is 2.28. The maximum absolute atomic E-state index is 10.8. The van der Waals surface area contributed by atoms with E-state index in [4.69, 9.17) is 9.84 Å². The lowest BCUT2D eigenvalue weighted by molar-refractivity contribution is -0.149. The number of carbonyl (C=O) groups is 1. The van der Waals surface area contributed by atoms with Crippen LogP contribution in [0.5, 0.6) is 0 Å². The maximum atomic E-state index is 10.8. The summed E-state index contributed by atoms with van der Waals surface area (Å²) in [5.74, 6) is -0.823. The molecule has 4 nitrogen and oxygen atoms in total. The Balaban J connectivity index is 1.73. The smallest absolute Gasteiger partial charge is 0.332 e. The zero-order valence-electron chi connectivity index (χ0n) is 10.6. The van der Waals surface area contributed by atoms with Crippen molar-refractivity contribution < 1.29 is 14.6 Å². The first-order valence-electron chi connectivity index (χ1n) is 6.72. The minimum atomic E-state index is -0.823. The molecule has 0 aromatic carbocycles. The van der Waals surface area contributed by atoms with Gasteiger partial charge in [-0.3, -0.25) is 0 Å². The molecule has 0 aromatic heterocycles. The molecule has 98 valence electrons. The third-order valence-corrected chi connectivity index (χ3v) is 4.10. The number of nitrogens with one attached hydrogen (secondary N) is 1. The van der Waals surface area contributed by atoms with E-state index in [0.717, 1.165) is 13.0 Å². The van der Waals surface area contributed by atoms with Crippen molar-refractivity contribution in [3.05, 3.63) is 0 Å². The molecular formula is C13H23NO3. The van der Waals surface area contributed by atoms with E-state index in [1.54, 1.807) is 0 Å². The molecule has 2 unspecified atom stereocenters. The number of aliphatic carboxylic acids is 1. The van der Waals surface area contributed by atoms with E-state index in [-0.39, 0.29) is 11.6 Å². The molecule has 1 heterocycles. The van der Waals surface area contributed by atoms with Gasteiger partial charge in [-0.1, -0.05) is 19.3 Å². The van der Waals surface area contributed by atoms with Crippen LogP contribution in [0.3, 0.4) is 0 Å². The molecular weight excluding hydrogens is 218 g/mol. The van der Waals surface area contributed by atoms with Gasteiger partial charge in [-0.2, -0.15) is 0 Å². The van der Waals surface area contributed by atoms with Crippen molar-refractivity contribution >= 4 is 5.97 Å². The Kier molecular flexibility index (Phi) is 4.05. The fourth-order valence-electron chi connectivity index (χ4n) is 2.91. The number of ether oxygens (including phenoxy) is 1. The fraction of sp³-hybridized carbons (Fsp3) is 0.923. The van der Waals surface area contributed by atoms with E-state index in [0.29, 0.717) is 6.42 Å². The van der Waals surface area contributed by atoms with Crippen LogP contribution in [0.1, 0.15) is 51.9 Å². The summed E-state index contributed by atoms with van der Waals surface area (Å²) in [7, 11) is 0. The molecule has 2 N–H and O–H groups in total. The van der Waals surface area contributed by atoms with Gasteiger partial charge in [0.1, 0.15) is 0 Å². The zero-order chi connectivity index (χ0) is 12.3. The molecule has 1 saturated heterocycles. The molecule has 0 bridgehead atoms. The molecule has 2 aliphatic rings. The topological polar surface area (TPSA) is 58.6 Å². The monoisotopic (exact) mass is 241 g/mol. The highest BCUT2D eigenvalue weighted by atomic mass is 16.5. The van der Waals surface area contributed by atoms with Crippen molar-refractivity contribution in [1.29, 1.82) is 0 Å². The number of hydrogen-bond donors (Lipinski definition) is 2. The Morgan fingerprint density at radius 1 is 1.35 bits per heavy atom. The highest BCUT2D eigenvalue weighted by Gasteiger charge is 2.32. The van der Waals surface area contributed by atoms with Crippen LogP contribution < -0.4 is 5.32 Å². The van der Waals surface area contributed by atoms with E-state index in [1.807, 2.05) is 0 Å². The van der Waals surface area contributed by atoms with E-state index in [2.05, 4.69) is 12.2 Å². The van der Waals surface area contributed by atoms with Crippen molar-refractivity contribution in [3.8, 4) is 0 Å². The SMILES string of the molecule is CC1(NCC2CCC(C(=O)O)O2)CCCCC1. The maximum Gasteiger partial charge on any atom is 0.332 e. The van der Waals surface area contributed by atoms with Gasteiger partial charge in [0.2, 0.25) is 0 Å². The first-order chi connectivity index (χ1) is 8.09.